The van der Waals surface area contributed by atoms with Crippen LogP contribution in [-0.4, -0.2) is 54.0 Å². The molecule has 7 heteroatoms. The van der Waals surface area contributed by atoms with Gasteiger partial charge in [0.1, 0.15) is 0 Å². The van der Waals surface area contributed by atoms with Gasteiger partial charge >= 0.3 is 6.03 Å². The SMILES string of the molecule is CCC(CC)(CN)NC(=O)C1CCN(C(=O)N(C)Cc2ccccc2)CC1.Cl. The topological polar surface area (TPSA) is 78.7 Å². The Bertz CT molecular complexity index is 606. The van der Waals surface area contributed by atoms with Crippen LogP contribution in [0.15, 0.2) is 30.3 Å². The van der Waals surface area contributed by atoms with Gasteiger partial charge in [-0.2, -0.15) is 0 Å². The van der Waals surface area contributed by atoms with Gasteiger partial charge in [0.2, 0.25) is 5.91 Å². The van der Waals surface area contributed by atoms with E-state index in [2.05, 4.69) is 19.2 Å². The zero-order valence-electron chi connectivity index (χ0n) is 17.3. The lowest BCUT2D eigenvalue weighted by atomic mass is 9.89. The second-order valence-electron chi connectivity index (χ2n) is 7.57. The maximum absolute atomic E-state index is 12.7. The summed E-state index contributed by atoms with van der Waals surface area (Å²) in [4.78, 5) is 28.9. The smallest absolute Gasteiger partial charge is 0.320 e. The number of amides is 3. The number of nitrogens with zero attached hydrogens (tertiary/aromatic N) is 2. The van der Waals surface area contributed by atoms with E-state index in [1.807, 2.05) is 42.3 Å². The van der Waals surface area contributed by atoms with Gasteiger partial charge in [-0.15, -0.1) is 12.4 Å². The first kappa shape index (κ1) is 24.2. The van der Waals surface area contributed by atoms with E-state index in [0.717, 1.165) is 18.4 Å². The second kappa shape index (κ2) is 11.3. The number of likely N-dealkylation sites (tertiary alicyclic amines) is 1. The van der Waals surface area contributed by atoms with Crippen LogP contribution in [0, 0.1) is 5.92 Å². The Morgan fingerprint density at radius 1 is 1.18 bits per heavy atom. The van der Waals surface area contributed by atoms with Crippen molar-refractivity contribution >= 4 is 24.3 Å². The van der Waals surface area contributed by atoms with Crippen LogP contribution in [0.25, 0.3) is 0 Å². The molecule has 0 radical (unpaired) electrons. The second-order valence-corrected chi connectivity index (χ2v) is 7.57. The fourth-order valence-electron chi connectivity index (χ4n) is 3.63. The highest BCUT2D eigenvalue weighted by Crippen LogP contribution is 2.21. The summed E-state index contributed by atoms with van der Waals surface area (Å²) in [5, 5.41) is 3.17. The van der Waals surface area contributed by atoms with Gasteiger partial charge in [0.05, 0.1) is 5.54 Å². The summed E-state index contributed by atoms with van der Waals surface area (Å²) in [6.45, 7) is 6.38. The molecular formula is C21H35ClN4O2. The van der Waals surface area contributed by atoms with Crippen molar-refractivity contribution in [3.63, 3.8) is 0 Å². The highest BCUT2D eigenvalue weighted by molar-refractivity contribution is 5.85. The monoisotopic (exact) mass is 410 g/mol. The molecule has 0 unspecified atom stereocenters. The van der Waals surface area contributed by atoms with Gasteiger partial charge < -0.3 is 20.9 Å². The summed E-state index contributed by atoms with van der Waals surface area (Å²) in [5.74, 6) is 0.0337. The average Bonchev–Trinajstić information content (AvgIpc) is 2.72. The number of urea groups is 1. The maximum Gasteiger partial charge on any atom is 0.320 e. The van der Waals surface area contributed by atoms with Gasteiger partial charge in [0.15, 0.2) is 0 Å². The summed E-state index contributed by atoms with van der Waals surface area (Å²) < 4.78 is 0. The van der Waals surface area contributed by atoms with Crippen LogP contribution in [0.1, 0.15) is 45.1 Å². The number of nitrogens with one attached hydrogen (secondary N) is 1. The van der Waals surface area contributed by atoms with Gasteiger partial charge in [-0.05, 0) is 31.2 Å². The van der Waals surface area contributed by atoms with Gasteiger partial charge in [-0.1, -0.05) is 44.2 Å². The van der Waals surface area contributed by atoms with Gasteiger partial charge in [0, 0.05) is 39.1 Å². The van der Waals surface area contributed by atoms with Gasteiger partial charge in [0.25, 0.3) is 0 Å². The Hall–Kier alpha value is -1.79. The van der Waals surface area contributed by atoms with E-state index in [4.69, 9.17) is 5.73 Å². The highest BCUT2D eigenvalue weighted by Gasteiger charge is 2.33. The zero-order chi connectivity index (χ0) is 19.9. The number of nitrogens with two attached hydrogens (primary N) is 1. The predicted molar refractivity (Wildman–Crippen MR) is 115 cm³/mol. The number of halogens is 1. The molecule has 0 saturated carbocycles. The molecule has 0 bridgehead atoms. The Labute approximate surface area is 175 Å². The Morgan fingerprint density at radius 2 is 1.75 bits per heavy atom. The Morgan fingerprint density at radius 3 is 2.25 bits per heavy atom. The van der Waals surface area contributed by atoms with Crippen LogP contribution in [0.2, 0.25) is 0 Å². The molecule has 1 aromatic carbocycles. The van der Waals surface area contributed by atoms with Crippen molar-refractivity contribution < 1.29 is 9.59 Å². The van der Waals surface area contributed by atoms with E-state index in [-0.39, 0.29) is 35.8 Å². The van der Waals surface area contributed by atoms with Crippen molar-refractivity contribution in [1.82, 2.24) is 15.1 Å². The molecule has 1 fully saturated rings. The van der Waals surface area contributed by atoms with Crippen molar-refractivity contribution in [2.24, 2.45) is 11.7 Å². The number of rotatable bonds is 7. The fraction of sp³-hybridized carbons (Fsp3) is 0.619. The molecule has 28 heavy (non-hydrogen) atoms. The van der Waals surface area contributed by atoms with Gasteiger partial charge in [-0.25, -0.2) is 4.79 Å². The quantitative estimate of drug-likeness (QED) is 0.725. The molecule has 3 N–H and O–H groups in total. The Kier molecular flexibility index (Phi) is 9.76. The lowest BCUT2D eigenvalue weighted by Gasteiger charge is -2.37. The lowest BCUT2D eigenvalue weighted by Crippen LogP contribution is -2.55. The summed E-state index contributed by atoms with van der Waals surface area (Å²) in [7, 11) is 1.83. The largest absolute Gasteiger partial charge is 0.349 e. The first-order valence-electron chi connectivity index (χ1n) is 10.0. The van der Waals surface area contributed by atoms with Crippen LogP contribution in [0.4, 0.5) is 4.79 Å². The molecule has 1 aliphatic heterocycles. The molecule has 1 aliphatic rings. The summed E-state index contributed by atoms with van der Waals surface area (Å²) in [6, 6.07) is 9.99. The van der Waals surface area contributed by atoms with E-state index in [1.54, 1.807) is 4.90 Å². The van der Waals surface area contributed by atoms with Crippen molar-refractivity contribution in [3.05, 3.63) is 35.9 Å². The lowest BCUT2D eigenvalue weighted by molar-refractivity contribution is -0.128. The van der Waals surface area contributed by atoms with E-state index >= 15 is 0 Å². The molecule has 158 valence electrons. The molecule has 3 amide bonds. The third kappa shape index (κ3) is 6.11. The minimum Gasteiger partial charge on any atom is -0.349 e. The summed E-state index contributed by atoms with van der Waals surface area (Å²) in [6.07, 6.45) is 3.05. The van der Waals surface area contributed by atoms with Crippen LogP contribution < -0.4 is 11.1 Å². The molecule has 1 aromatic rings. The van der Waals surface area contributed by atoms with Crippen LogP contribution >= 0.6 is 12.4 Å². The van der Waals surface area contributed by atoms with E-state index in [0.29, 0.717) is 39.0 Å². The molecule has 1 saturated heterocycles. The minimum atomic E-state index is -0.306. The summed E-state index contributed by atoms with van der Waals surface area (Å²) in [5.41, 5.74) is 6.70. The normalized spacial score (nSPS) is 14.9. The Balaban J connectivity index is 0.00000392. The van der Waals surface area contributed by atoms with E-state index < -0.39 is 0 Å². The van der Waals surface area contributed by atoms with Crippen molar-refractivity contribution in [2.45, 2.75) is 51.6 Å². The molecule has 2 rings (SSSR count). The standard InChI is InChI=1S/C21H34N4O2.ClH/c1-4-21(5-2,16-22)23-19(26)18-11-13-25(14-12-18)20(27)24(3)15-17-9-7-6-8-10-17;/h6-10,18H,4-5,11-16,22H2,1-3H3,(H,23,26);1H. The molecular weight excluding hydrogens is 376 g/mol. The predicted octanol–water partition coefficient (Wildman–Crippen LogP) is 3.01. The zero-order valence-corrected chi connectivity index (χ0v) is 18.1. The molecule has 0 aliphatic carbocycles. The fourth-order valence-corrected chi connectivity index (χ4v) is 3.63. The van der Waals surface area contributed by atoms with Gasteiger partial charge in [-0.3, -0.25) is 4.79 Å². The number of piperidine rings is 1. The highest BCUT2D eigenvalue weighted by atomic mass is 35.5. The van der Waals surface area contributed by atoms with Crippen LogP contribution in [-0.2, 0) is 11.3 Å². The number of carbonyl (C=O) groups excluding carboxylic acids is 2. The summed E-state index contributed by atoms with van der Waals surface area (Å²) >= 11 is 0. The molecule has 6 nitrogen and oxygen atoms in total. The average molecular weight is 411 g/mol. The molecule has 0 aromatic heterocycles. The maximum atomic E-state index is 12.7. The van der Waals surface area contributed by atoms with E-state index in [9.17, 15) is 9.59 Å². The first-order valence-corrected chi connectivity index (χ1v) is 10.0. The van der Waals surface area contributed by atoms with Crippen molar-refractivity contribution in [2.75, 3.05) is 26.7 Å². The first-order chi connectivity index (χ1) is 12.9. The third-order valence-electron chi connectivity index (χ3n) is 5.86. The van der Waals surface area contributed by atoms with Crippen molar-refractivity contribution in [1.29, 1.82) is 0 Å². The number of hydrogen-bond donors (Lipinski definition) is 2. The molecule has 1 heterocycles. The number of hydrogen-bond acceptors (Lipinski definition) is 3. The van der Waals surface area contributed by atoms with E-state index in [1.165, 1.54) is 0 Å². The number of carbonyl (C=O) groups is 2. The molecule has 0 atom stereocenters. The van der Waals surface area contributed by atoms with Crippen LogP contribution in [0.3, 0.4) is 0 Å². The number of benzene rings is 1. The molecule has 0 spiro atoms. The van der Waals surface area contributed by atoms with Crippen LogP contribution in [0.5, 0.6) is 0 Å². The minimum absolute atomic E-state index is 0. The third-order valence-corrected chi connectivity index (χ3v) is 5.86. The van der Waals surface area contributed by atoms with Crippen molar-refractivity contribution in [3.8, 4) is 0 Å².